The van der Waals surface area contributed by atoms with Crippen LogP contribution < -0.4 is 10.6 Å². The second-order valence-electron chi connectivity index (χ2n) is 4.41. The number of rotatable bonds is 2. The predicted molar refractivity (Wildman–Crippen MR) is 62.1 cm³/mol. The number of carbonyl (C=O) groups is 1. The summed E-state index contributed by atoms with van der Waals surface area (Å²) >= 11 is 0. The molecule has 92 valence electrons. The molecule has 2 rings (SSSR count). The molecule has 2 heterocycles. The van der Waals surface area contributed by atoms with Crippen LogP contribution in [0.25, 0.3) is 0 Å². The number of nitrogens with zero attached hydrogens (tertiary/aromatic N) is 1. The molecular formula is C12H16FN3O. The van der Waals surface area contributed by atoms with Crippen LogP contribution in [0.3, 0.4) is 0 Å². The quantitative estimate of drug-likeness (QED) is 0.809. The molecule has 0 saturated carbocycles. The van der Waals surface area contributed by atoms with Crippen LogP contribution in [0.5, 0.6) is 0 Å². The van der Waals surface area contributed by atoms with Crippen molar-refractivity contribution in [1.29, 1.82) is 0 Å². The molecule has 1 aliphatic heterocycles. The van der Waals surface area contributed by atoms with Gasteiger partial charge in [-0.3, -0.25) is 4.79 Å². The molecule has 17 heavy (non-hydrogen) atoms. The molecule has 1 fully saturated rings. The fourth-order valence-corrected chi connectivity index (χ4v) is 2.03. The van der Waals surface area contributed by atoms with Gasteiger partial charge in [-0.05, 0) is 38.4 Å². The highest BCUT2D eigenvalue weighted by Gasteiger charge is 2.20. The summed E-state index contributed by atoms with van der Waals surface area (Å²) < 4.78 is 12.7. The van der Waals surface area contributed by atoms with Crippen LogP contribution in [0.1, 0.15) is 30.3 Å². The third kappa shape index (κ3) is 3.23. The fraction of sp³-hybridized carbons (Fsp3) is 0.500. The first-order valence-corrected chi connectivity index (χ1v) is 5.81. The molecule has 2 atom stereocenters. The van der Waals surface area contributed by atoms with E-state index in [9.17, 15) is 9.18 Å². The van der Waals surface area contributed by atoms with Gasteiger partial charge >= 0.3 is 0 Å². The SMILES string of the molecule is CC1CC(NC(=O)c2ccc(F)cn2)CCN1. The Kier molecular flexibility index (Phi) is 3.68. The van der Waals surface area contributed by atoms with Gasteiger partial charge in [0.2, 0.25) is 0 Å². The smallest absolute Gasteiger partial charge is 0.270 e. The molecule has 4 nitrogen and oxygen atoms in total. The Morgan fingerprint density at radius 1 is 1.59 bits per heavy atom. The number of aromatic nitrogens is 1. The Labute approximate surface area is 99.6 Å². The van der Waals surface area contributed by atoms with Crippen LogP contribution in [-0.2, 0) is 0 Å². The number of hydrogen-bond acceptors (Lipinski definition) is 3. The van der Waals surface area contributed by atoms with Crippen molar-refractivity contribution in [2.75, 3.05) is 6.54 Å². The van der Waals surface area contributed by atoms with Crippen LogP contribution >= 0.6 is 0 Å². The number of nitrogens with one attached hydrogen (secondary N) is 2. The monoisotopic (exact) mass is 237 g/mol. The minimum absolute atomic E-state index is 0.172. The highest BCUT2D eigenvalue weighted by Crippen LogP contribution is 2.09. The van der Waals surface area contributed by atoms with E-state index in [2.05, 4.69) is 22.5 Å². The van der Waals surface area contributed by atoms with Crippen LogP contribution in [0, 0.1) is 5.82 Å². The summed E-state index contributed by atoms with van der Waals surface area (Å²) in [6, 6.07) is 3.23. The number of piperidine rings is 1. The van der Waals surface area contributed by atoms with Crippen LogP contribution in [0.2, 0.25) is 0 Å². The third-order valence-corrected chi connectivity index (χ3v) is 2.92. The summed E-state index contributed by atoms with van der Waals surface area (Å²) in [5.74, 6) is -0.666. The Morgan fingerprint density at radius 2 is 2.41 bits per heavy atom. The predicted octanol–water partition coefficient (Wildman–Crippen LogP) is 1.09. The fourth-order valence-electron chi connectivity index (χ4n) is 2.03. The maximum absolute atomic E-state index is 12.7. The van der Waals surface area contributed by atoms with Crippen molar-refractivity contribution in [1.82, 2.24) is 15.6 Å². The van der Waals surface area contributed by atoms with E-state index in [4.69, 9.17) is 0 Å². The average molecular weight is 237 g/mol. The third-order valence-electron chi connectivity index (χ3n) is 2.92. The molecule has 0 aromatic carbocycles. The Balaban J connectivity index is 1.94. The molecule has 0 aliphatic carbocycles. The van der Waals surface area contributed by atoms with Crippen molar-refractivity contribution in [3.05, 3.63) is 29.8 Å². The van der Waals surface area contributed by atoms with Crippen molar-refractivity contribution in [3.63, 3.8) is 0 Å². The number of halogens is 1. The first-order chi connectivity index (χ1) is 8.15. The first kappa shape index (κ1) is 12.0. The van der Waals surface area contributed by atoms with E-state index in [-0.39, 0.29) is 17.6 Å². The summed E-state index contributed by atoms with van der Waals surface area (Å²) in [6.07, 6.45) is 2.88. The van der Waals surface area contributed by atoms with Gasteiger partial charge in [0.15, 0.2) is 0 Å². The molecule has 0 spiro atoms. The zero-order chi connectivity index (χ0) is 12.3. The molecule has 1 aliphatic rings. The van der Waals surface area contributed by atoms with Crippen molar-refractivity contribution in [3.8, 4) is 0 Å². The Hall–Kier alpha value is -1.49. The van der Waals surface area contributed by atoms with Gasteiger partial charge in [0.1, 0.15) is 11.5 Å². The van der Waals surface area contributed by atoms with E-state index in [1.807, 2.05) is 0 Å². The lowest BCUT2D eigenvalue weighted by Crippen LogP contribution is -2.46. The topological polar surface area (TPSA) is 54.0 Å². The zero-order valence-corrected chi connectivity index (χ0v) is 9.74. The van der Waals surface area contributed by atoms with E-state index in [0.29, 0.717) is 6.04 Å². The van der Waals surface area contributed by atoms with Gasteiger partial charge in [-0.25, -0.2) is 9.37 Å². The van der Waals surface area contributed by atoms with E-state index in [0.717, 1.165) is 25.6 Å². The summed E-state index contributed by atoms with van der Waals surface area (Å²) in [4.78, 5) is 15.6. The number of carbonyl (C=O) groups excluding carboxylic acids is 1. The molecule has 1 amide bonds. The van der Waals surface area contributed by atoms with Crippen LogP contribution in [-0.4, -0.2) is 29.5 Å². The summed E-state index contributed by atoms with van der Waals surface area (Å²) in [5.41, 5.74) is 0.262. The normalized spacial score (nSPS) is 24.4. The van der Waals surface area contributed by atoms with E-state index >= 15 is 0 Å². The highest BCUT2D eigenvalue weighted by atomic mass is 19.1. The molecule has 1 aromatic rings. The average Bonchev–Trinajstić information content (AvgIpc) is 2.29. The molecule has 0 bridgehead atoms. The van der Waals surface area contributed by atoms with Gasteiger partial charge in [-0.1, -0.05) is 0 Å². The maximum Gasteiger partial charge on any atom is 0.270 e. The van der Waals surface area contributed by atoms with Gasteiger partial charge in [0, 0.05) is 12.1 Å². The standard InChI is InChI=1S/C12H16FN3O/c1-8-6-10(4-5-14-8)16-12(17)11-3-2-9(13)7-15-11/h2-3,7-8,10,14H,4-6H2,1H3,(H,16,17). The number of hydrogen-bond donors (Lipinski definition) is 2. The van der Waals surface area contributed by atoms with Gasteiger partial charge in [0.25, 0.3) is 5.91 Å². The minimum atomic E-state index is -0.433. The molecule has 1 saturated heterocycles. The van der Waals surface area contributed by atoms with Crippen molar-refractivity contribution in [2.45, 2.75) is 31.8 Å². The molecule has 2 N–H and O–H groups in total. The molecule has 5 heteroatoms. The van der Waals surface area contributed by atoms with Gasteiger partial charge < -0.3 is 10.6 Å². The van der Waals surface area contributed by atoms with Gasteiger partial charge in [0.05, 0.1) is 6.20 Å². The van der Waals surface area contributed by atoms with Gasteiger partial charge in [-0.2, -0.15) is 0 Å². The van der Waals surface area contributed by atoms with E-state index < -0.39 is 5.82 Å². The Morgan fingerprint density at radius 3 is 3.06 bits per heavy atom. The lowest BCUT2D eigenvalue weighted by Gasteiger charge is -2.28. The van der Waals surface area contributed by atoms with Crippen molar-refractivity contribution in [2.24, 2.45) is 0 Å². The second kappa shape index (κ2) is 5.23. The zero-order valence-electron chi connectivity index (χ0n) is 9.74. The lowest BCUT2D eigenvalue weighted by molar-refractivity contribution is 0.0920. The van der Waals surface area contributed by atoms with E-state index in [1.54, 1.807) is 0 Å². The Bertz CT molecular complexity index is 393. The summed E-state index contributed by atoms with van der Waals surface area (Å²) in [5, 5.41) is 6.24. The second-order valence-corrected chi connectivity index (χ2v) is 4.41. The molecule has 1 aromatic heterocycles. The lowest BCUT2D eigenvalue weighted by atomic mass is 10.0. The largest absolute Gasteiger partial charge is 0.348 e. The van der Waals surface area contributed by atoms with E-state index in [1.165, 1.54) is 12.1 Å². The summed E-state index contributed by atoms with van der Waals surface area (Å²) in [6.45, 7) is 3.00. The van der Waals surface area contributed by atoms with Crippen molar-refractivity contribution < 1.29 is 9.18 Å². The molecule has 0 radical (unpaired) electrons. The summed E-state index contributed by atoms with van der Waals surface area (Å²) in [7, 11) is 0. The van der Waals surface area contributed by atoms with Gasteiger partial charge in [-0.15, -0.1) is 0 Å². The number of amides is 1. The van der Waals surface area contributed by atoms with Crippen LogP contribution in [0.4, 0.5) is 4.39 Å². The van der Waals surface area contributed by atoms with Crippen molar-refractivity contribution >= 4 is 5.91 Å². The molecule has 2 unspecified atom stereocenters. The molecular weight excluding hydrogens is 221 g/mol. The maximum atomic E-state index is 12.7. The van der Waals surface area contributed by atoms with Crippen LogP contribution in [0.15, 0.2) is 18.3 Å². The highest BCUT2D eigenvalue weighted by molar-refractivity contribution is 5.92. The number of pyridine rings is 1. The first-order valence-electron chi connectivity index (χ1n) is 5.81. The minimum Gasteiger partial charge on any atom is -0.348 e.